The van der Waals surface area contributed by atoms with Crippen molar-refractivity contribution in [1.82, 2.24) is 15.5 Å². The Labute approximate surface area is 158 Å². The van der Waals surface area contributed by atoms with Crippen LogP contribution in [0.5, 0.6) is 0 Å². The highest BCUT2D eigenvalue weighted by Crippen LogP contribution is 2.18. The first-order valence-electron chi connectivity index (χ1n) is 9.12. The maximum Gasteiger partial charge on any atom is 0.191 e. The van der Waals surface area contributed by atoms with Gasteiger partial charge in [-0.25, -0.2) is 0 Å². The summed E-state index contributed by atoms with van der Waals surface area (Å²) in [6.45, 7) is 9.71. The van der Waals surface area contributed by atoms with Gasteiger partial charge in [0.1, 0.15) is 0 Å². The molecule has 3 N–H and O–H groups in total. The van der Waals surface area contributed by atoms with E-state index < -0.39 is 0 Å². The molecule has 0 aromatic carbocycles. The van der Waals surface area contributed by atoms with E-state index in [2.05, 4.69) is 29.4 Å². The van der Waals surface area contributed by atoms with E-state index in [1.165, 1.54) is 25.9 Å². The molecule has 1 atom stereocenters. The Morgan fingerprint density at radius 1 is 1.22 bits per heavy atom. The van der Waals surface area contributed by atoms with Crippen LogP contribution in [0.3, 0.4) is 0 Å². The van der Waals surface area contributed by atoms with Gasteiger partial charge in [0.05, 0.1) is 12.6 Å². The lowest BCUT2D eigenvalue weighted by molar-refractivity contribution is 0.120. The summed E-state index contributed by atoms with van der Waals surface area (Å²) in [5.41, 5.74) is 0. The largest absolute Gasteiger partial charge is 0.393 e. The molecule has 1 saturated carbocycles. The fourth-order valence-corrected chi connectivity index (χ4v) is 3.53. The average Bonchev–Trinajstić information content (AvgIpc) is 2.50. The minimum atomic E-state index is -0.0985. The van der Waals surface area contributed by atoms with Crippen LogP contribution in [0.1, 0.15) is 52.4 Å². The number of rotatable bonds is 5. The number of hydrogen-bond acceptors (Lipinski definition) is 3. The van der Waals surface area contributed by atoms with E-state index in [0.29, 0.717) is 6.04 Å². The molecule has 5 nitrogen and oxygen atoms in total. The third-order valence-electron chi connectivity index (χ3n) is 4.81. The highest BCUT2D eigenvalue weighted by molar-refractivity contribution is 14.0. The summed E-state index contributed by atoms with van der Waals surface area (Å²) in [6.07, 6.45) is 6.49. The number of hydrogen-bond donors (Lipinski definition) is 3. The van der Waals surface area contributed by atoms with Gasteiger partial charge in [-0.05, 0) is 57.9 Å². The second-order valence-corrected chi connectivity index (χ2v) is 6.96. The van der Waals surface area contributed by atoms with Crippen molar-refractivity contribution in [3.63, 3.8) is 0 Å². The van der Waals surface area contributed by atoms with Crippen LogP contribution in [-0.2, 0) is 0 Å². The van der Waals surface area contributed by atoms with Crippen molar-refractivity contribution in [2.75, 3.05) is 32.7 Å². The van der Waals surface area contributed by atoms with E-state index in [1.54, 1.807) is 0 Å². The summed E-state index contributed by atoms with van der Waals surface area (Å²) in [7, 11) is 0. The Kier molecular flexibility index (Phi) is 10.5. The minimum Gasteiger partial charge on any atom is -0.393 e. The minimum absolute atomic E-state index is 0. The number of guanidine groups is 1. The van der Waals surface area contributed by atoms with Crippen LogP contribution in [0, 0.1) is 5.92 Å². The van der Waals surface area contributed by atoms with Crippen molar-refractivity contribution in [3.05, 3.63) is 0 Å². The third kappa shape index (κ3) is 8.03. The van der Waals surface area contributed by atoms with Gasteiger partial charge >= 0.3 is 0 Å². The predicted molar refractivity (Wildman–Crippen MR) is 108 cm³/mol. The zero-order valence-electron chi connectivity index (χ0n) is 14.8. The number of aliphatic imine (C=N–C) groups is 1. The molecule has 1 aliphatic heterocycles. The van der Waals surface area contributed by atoms with E-state index in [1.807, 2.05) is 0 Å². The highest BCUT2D eigenvalue weighted by Gasteiger charge is 2.20. The third-order valence-corrected chi connectivity index (χ3v) is 4.81. The SMILES string of the molecule is CCNC(=NCCN1CCCC(C)C1)NC1CCC(O)CC1.I. The zero-order chi connectivity index (χ0) is 15.8. The number of nitrogens with one attached hydrogen (secondary N) is 2. The highest BCUT2D eigenvalue weighted by atomic mass is 127. The molecule has 1 heterocycles. The fourth-order valence-electron chi connectivity index (χ4n) is 3.53. The van der Waals surface area contributed by atoms with Crippen molar-refractivity contribution in [1.29, 1.82) is 0 Å². The Morgan fingerprint density at radius 3 is 2.61 bits per heavy atom. The van der Waals surface area contributed by atoms with Crippen molar-refractivity contribution >= 4 is 29.9 Å². The van der Waals surface area contributed by atoms with Gasteiger partial charge in [0, 0.05) is 25.7 Å². The van der Waals surface area contributed by atoms with Crippen molar-refractivity contribution in [2.24, 2.45) is 10.9 Å². The molecule has 2 rings (SSSR count). The quantitative estimate of drug-likeness (QED) is 0.350. The van der Waals surface area contributed by atoms with Crippen LogP contribution >= 0.6 is 24.0 Å². The van der Waals surface area contributed by atoms with Crippen LogP contribution in [0.15, 0.2) is 4.99 Å². The topological polar surface area (TPSA) is 59.9 Å². The van der Waals surface area contributed by atoms with Gasteiger partial charge in [-0.2, -0.15) is 0 Å². The second kappa shape index (κ2) is 11.5. The zero-order valence-corrected chi connectivity index (χ0v) is 17.1. The summed E-state index contributed by atoms with van der Waals surface area (Å²) in [4.78, 5) is 7.28. The predicted octanol–water partition coefficient (Wildman–Crippen LogP) is 2.19. The molecule has 0 aromatic heterocycles. The maximum atomic E-state index is 9.59. The molecule has 136 valence electrons. The molecule has 2 fully saturated rings. The summed E-state index contributed by atoms with van der Waals surface area (Å²) < 4.78 is 0. The van der Waals surface area contributed by atoms with E-state index in [4.69, 9.17) is 4.99 Å². The number of likely N-dealkylation sites (tertiary alicyclic amines) is 1. The smallest absolute Gasteiger partial charge is 0.191 e. The molecule has 0 amide bonds. The van der Waals surface area contributed by atoms with Crippen LogP contribution < -0.4 is 10.6 Å². The first kappa shape index (κ1) is 21.0. The van der Waals surface area contributed by atoms with E-state index in [0.717, 1.165) is 57.2 Å². The molecule has 0 spiro atoms. The molecular formula is C17H35IN4O. The number of nitrogens with zero attached hydrogens (tertiary/aromatic N) is 2. The van der Waals surface area contributed by atoms with Crippen molar-refractivity contribution in [2.45, 2.75) is 64.5 Å². The average molecular weight is 438 g/mol. The first-order valence-corrected chi connectivity index (χ1v) is 9.12. The van der Waals surface area contributed by atoms with Crippen LogP contribution in [0.2, 0.25) is 0 Å². The Bertz CT molecular complexity index is 345. The van der Waals surface area contributed by atoms with Gasteiger partial charge in [-0.1, -0.05) is 6.92 Å². The van der Waals surface area contributed by atoms with Crippen molar-refractivity contribution in [3.8, 4) is 0 Å². The molecule has 0 bridgehead atoms. The molecule has 1 aliphatic carbocycles. The molecule has 0 radical (unpaired) electrons. The summed E-state index contributed by atoms with van der Waals surface area (Å²) >= 11 is 0. The van der Waals surface area contributed by atoms with Crippen LogP contribution in [0.4, 0.5) is 0 Å². The van der Waals surface area contributed by atoms with Crippen molar-refractivity contribution < 1.29 is 5.11 Å². The van der Waals surface area contributed by atoms with Gasteiger partial charge in [-0.15, -0.1) is 24.0 Å². The lowest BCUT2D eigenvalue weighted by atomic mass is 9.93. The first-order chi connectivity index (χ1) is 10.7. The molecule has 23 heavy (non-hydrogen) atoms. The summed E-state index contributed by atoms with van der Waals surface area (Å²) in [5, 5.41) is 16.5. The normalized spacial score (nSPS) is 29.7. The van der Waals surface area contributed by atoms with Gasteiger partial charge in [-0.3, -0.25) is 4.99 Å². The Morgan fingerprint density at radius 2 is 1.96 bits per heavy atom. The lowest BCUT2D eigenvalue weighted by Crippen LogP contribution is -2.45. The van der Waals surface area contributed by atoms with Gasteiger partial charge in [0.25, 0.3) is 0 Å². The van der Waals surface area contributed by atoms with E-state index >= 15 is 0 Å². The number of halogens is 1. The van der Waals surface area contributed by atoms with Crippen LogP contribution in [-0.4, -0.2) is 60.8 Å². The van der Waals surface area contributed by atoms with Gasteiger partial charge < -0.3 is 20.6 Å². The van der Waals surface area contributed by atoms with Crippen LogP contribution in [0.25, 0.3) is 0 Å². The number of aliphatic hydroxyl groups is 1. The molecule has 1 saturated heterocycles. The molecular weight excluding hydrogens is 403 g/mol. The molecule has 0 aromatic rings. The monoisotopic (exact) mass is 438 g/mol. The van der Waals surface area contributed by atoms with Gasteiger partial charge in [0.2, 0.25) is 0 Å². The van der Waals surface area contributed by atoms with Gasteiger partial charge in [0.15, 0.2) is 5.96 Å². The summed E-state index contributed by atoms with van der Waals surface area (Å²) in [6, 6.07) is 0.455. The Hall–Kier alpha value is -0.0800. The Balaban J connectivity index is 0.00000264. The number of piperidine rings is 1. The maximum absolute atomic E-state index is 9.59. The summed E-state index contributed by atoms with van der Waals surface area (Å²) in [5.74, 6) is 1.77. The standard InChI is InChI=1S/C17H34N4O.HI/c1-3-18-17(20-15-6-8-16(22)9-7-15)19-10-12-21-11-4-5-14(2)13-21;/h14-16,22H,3-13H2,1-2H3,(H2,18,19,20);1H. The molecule has 6 heteroatoms. The van der Waals surface area contributed by atoms with E-state index in [-0.39, 0.29) is 30.1 Å². The second-order valence-electron chi connectivity index (χ2n) is 6.96. The number of aliphatic hydroxyl groups excluding tert-OH is 1. The van der Waals surface area contributed by atoms with E-state index in [9.17, 15) is 5.11 Å². The lowest BCUT2D eigenvalue weighted by Gasteiger charge is -2.30. The molecule has 2 aliphatic rings. The fraction of sp³-hybridized carbons (Fsp3) is 0.941. The molecule has 1 unspecified atom stereocenters.